The Bertz CT molecular complexity index is 124. The van der Waals surface area contributed by atoms with Crippen molar-refractivity contribution in [3.63, 3.8) is 0 Å². The summed E-state index contributed by atoms with van der Waals surface area (Å²) in [6, 6.07) is 0.855. The fourth-order valence-electron chi connectivity index (χ4n) is 2.48. The molecule has 2 heterocycles. The topological polar surface area (TPSA) is 24.1 Å². The first kappa shape index (κ1) is 12.0. The highest BCUT2D eigenvalue weighted by Crippen LogP contribution is 2.21. The van der Waals surface area contributed by atoms with E-state index in [1.165, 1.54) is 51.7 Å². The van der Waals surface area contributed by atoms with Gasteiger partial charge in [-0.2, -0.15) is 0 Å². The second kappa shape index (κ2) is 7.24. The molecule has 2 rings (SSSR count). The summed E-state index contributed by atoms with van der Waals surface area (Å²) < 4.78 is 0. The maximum atomic E-state index is 3.58. The van der Waals surface area contributed by atoms with Crippen LogP contribution in [0.25, 0.3) is 0 Å². The molecule has 2 aliphatic rings. The molecule has 2 saturated heterocycles. The number of hydrogen-bond acceptors (Lipinski definition) is 2. The Kier molecular flexibility index (Phi) is 6.20. The number of piperidine rings is 1. The molecule has 0 aliphatic carbocycles. The highest BCUT2D eigenvalue weighted by atomic mass is 14.9. The van der Waals surface area contributed by atoms with Crippen LogP contribution in [0.1, 0.15) is 46.0 Å². The van der Waals surface area contributed by atoms with E-state index < -0.39 is 0 Å². The average molecular weight is 198 g/mol. The molecule has 2 heteroatoms. The van der Waals surface area contributed by atoms with E-state index in [0.29, 0.717) is 0 Å². The zero-order chi connectivity index (χ0) is 10.2. The molecule has 0 radical (unpaired) electrons. The van der Waals surface area contributed by atoms with Crippen LogP contribution < -0.4 is 10.6 Å². The molecular formula is C12H26N2. The van der Waals surface area contributed by atoms with Crippen LogP contribution in [0.2, 0.25) is 0 Å². The van der Waals surface area contributed by atoms with Crippen LogP contribution in [0.3, 0.4) is 0 Å². The molecule has 1 unspecified atom stereocenters. The van der Waals surface area contributed by atoms with Gasteiger partial charge < -0.3 is 10.6 Å². The molecule has 2 aliphatic heterocycles. The SMILES string of the molecule is C1CNC(CC2CCNCC2)C1.CC. The minimum absolute atomic E-state index is 0.855. The molecule has 0 aromatic heterocycles. The van der Waals surface area contributed by atoms with Gasteiger partial charge in [0.1, 0.15) is 0 Å². The van der Waals surface area contributed by atoms with Crippen molar-refractivity contribution in [3.05, 3.63) is 0 Å². The van der Waals surface area contributed by atoms with Crippen LogP contribution in [-0.2, 0) is 0 Å². The van der Waals surface area contributed by atoms with Crippen LogP contribution in [0.15, 0.2) is 0 Å². The Hall–Kier alpha value is -0.0800. The number of hydrogen-bond donors (Lipinski definition) is 2. The molecule has 0 amide bonds. The van der Waals surface area contributed by atoms with Crippen molar-refractivity contribution < 1.29 is 0 Å². The molecule has 0 saturated carbocycles. The summed E-state index contributed by atoms with van der Waals surface area (Å²) in [6.07, 6.45) is 7.05. The summed E-state index contributed by atoms with van der Waals surface area (Å²) in [4.78, 5) is 0. The van der Waals surface area contributed by atoms with Crippen LogP contribution in [0.5, 0.6) is 0 Å². The van der Waals surface area contributed by atoms with E-state index in [4.69, 9.17) is 0 Å². The largest absolute Gasteiger partial charge is 0.317 e. The van der Waals surface area contributed by atoms with Crippen molar-refractivity contribution in [3.8, 4) is 0 Å². The minimum atomic E-state index is 0.855. The summed E-state index contributed by atoms with van der Waals surface area (Å²) in [7, 11) is 0. The van der Waals surface area contributed by atoms with Crippen molar-refractivity contribution >= 4 is 0 Å². The first-order valence-electron chi connectivity index (χ1n) is 6.39. The van der Waals surface area contributed by atoms with Gasteiger partial charge in [-0.15, -0.1) is 0 Å². The summed E-state index contributed by atoms with van der Waals surface area (Å²) in [6.45, 7) is 7.75. The van der Waals surface area contributed by atoms with E-state index in [1.807, 2.05) is 13.8 Å². The van der Waals surface area contributed by atoms with E-state index in [0.717, 1.165) is 12.0 Å². The first-order valence-corrected chi connectivity index (χ1v) is 6.39. The third-order valence-electron chi connectivity index (χ3n) is 3.24. The lowest BCUT2D eigenvalue weighted by atomic mass is 9.90. The molecule has 2 N–H and O–H groups in total. The maximum absolute atomic E-state index is 3.58. The van der Waals surface area contributed by atoms with Gasteiger partial charge in [-0.05, 0) is 57.7 Å². The van der Waals surface area contributed by atoms with Gasteiger partial charge in [0.05, 0.1) is 0 Å². The fraction of sp³-hybridized carbons (Fsp3) is 1.00. The lowest BCUT2D eigenvalue weighted by Gasteiger charge is -2.25. The molecule has 0 aromatic rings. The molecule has 14 heavy (non-hydrogen) atoms. The van der Waals surface area contributed by atoms with Crippen molar-refractivity contribution in [2.75, 3.05) is 19.6 Å². The smallest absolute Gasteiger partial charge is 0.00701 e. The highest BCUT2D eigenvalue weighted by Gasteiger charge is 2.20. The third kappa shape index (κ3) is 3.97. The second-order valence-corrected chi connectivity index (χ2v) is 4.22. The van der Waals surface area contributed by atoms with Crippen LogP contribution in [0.4, 0.5) is 0 Å². The molecule has 2 fully saturated rings. The molecule has 0 aromatic carbocycles. The molecule has 84 valence electrons. The molecule has 2 nitrogen and oxygen atoms in total. The van der Waals surface area contributed by atoms with Crippen molar-refractivity contribution in [1.29, 1.82) is 0 Å². The van der Waals surface area contributed by atoms with Crippen molar-refractivity contribution in [2.45, 2.75) is 52.0 Å². The maximum Gasteiger partial charge on any atom is 0.00701 e. The quantitative estimate of drug-likeness (QED) is 0.710. The molecular weight excluding hydrogens is 172 g/mol. The summed E-state index contributed by atoms with van der Waals surface area (Å²) in [5.41, 5.74) is 0. The molecule has 0 spiro atoms. The van der Waals surface area contributed by atoms with E-state index >= 15 is 0 Å². The fourth-order valence-corrected chi connectivity index (χ4v) is 2.48. The zero-order valence-electron chi connectivity index (χ0n) is 9.81. The van der Waals surface area contributed by atoms with Gasteiger partial charge in [-0.3, -0.25) is 0 Å². The van der Waals surface area contributed by atoms with E-state index in [1.54, 1.807) is 0 Å². The number of nitrogens with one attached hydrogen (secondary N) is 2. The third-order valence-corrected chi connectivity index (χ3v) is 3.24. The highest BCUT2D eigenvalue weighted by molar-refractivity contribution is 4.79. The van der Waals surface area contributed by atoms with Crippen LogP contribution in [-0.4, -0.2) is 25.7 Å². The molecule has 1 atom stereocenters. The molecule has 0 bridgehead atoms. The summed E-state index contributed by atoms with van der Waals surface area (Å²) in [5.74, 6) is 1.00. The Balaban J connectivity index is 0.000000461. The van der Waals surface area contributed by atoms with E-state index in [2.05, 4.69) is 10.6 Å². The lowest BCUT2D eigenvalue weighted by Crippen LogP contribution is -2.32. The standard InChI is InChI=1S/C10H20N2.C2H6/c1-2-10(12-5-1)8-9-3-6-11-7-4-9;1-2/h9-12H,1-8H2;1-2H3. The van der Waals surface area contributed by atoms with Crippen LogP contribution >= 0.6 is 0 Å². The van der Waals surface area contributed by atoms with E-state index in [9.17, 15) is 0 Å². The minimum Gasteiger partial charge on any atom is -0.317 e. The Morgan fingerprint density at radius 3 is 2.29 bits per heavy atom. The second-order valence-electron chi connectivity index (χ2n) is 4.22. The van der Waals surface area contributed by atoms with Gasteiger partial charge in [-0.25, -0.2) is 0 Å². The first-order chi connectivity index (χ1) is 6.95. The van der Waals surface area contributed by atoms with Gasteiger partial charge >= 0.3 is 0 Å². The van der Waals surface area contributed by atoms with E-state index in [-0.39, 0.29) is 0 Å². The average Bonchev–Trinajstić information content (AvgIpc) is 2.75. The van der Waals surface area contributed by atoms with Gasteiger partial charge in [0.15, 0.2) is 0 Å². The Labute approximate surface area is 88.8 Å². The lowest BCUT2D eigenvalue weighted by molar-refractivity contribution is 0.321. The monoisotopic (exact) mass is 198 g/mol. The van der Waals surface area contributed by atoms with Crippen molar-refractivity contribution in [1.82, 2.24) is 10.6 Å². The van der Waals surface area contributed by atoms with Crippen molar-refractivity contribution in [2.24, 2.45) is 5.92 Å². The summed E-state index contributed by atoms with van der Waals surface area (Å²) >= 11 is 0. The predicted octanol–water partition coefficient (Wildman–Crippen LogP) is 2.15. The van der Waals surface area contributed by atoms with Gasteiger partial charge in [0.25, 0.3) is 0 Å². The Morgan fingerprint density at radius 1 is 1.00 bits per heavy atom. The van der Waals surface area contributed by atoms with Crippen LogP contribution in [0, 0.1) is 5.92 Å². The Morgan fingerprint density at radius 2 is 1.71 bits per heavy atom. The van der Waals surface area contributed by atoms with Gasteiger partial charge in [0.2, 0.25) is 0 Å². The van der Waals surface area contributed by atoms with Gasteiger partial charge in [0, 0.05) is 6.04 Å². The van der Waals surface area contributed by atoms with Gasteiger partial charge in [-0.1, -0.05) is 13.8 Å². The number of rotatable bonds is 2. The zero-order valence-corrected chi connectivity index (χ0v) is 9.81. The summed E-state index contributed by atoms with van der Waals surface area (Å²) in [5, 5.41) is 7.00. The predicted molar refractivity (Wildman–Crippen MR) is 62.6 cm³/mol. The normalized spacial score (nSPS) is 28.3.